The lowest BCUT2D eigenvalue weighted by molar-refractivity contribution is 0.0953. The summed E-state index contributed by atoms with van der Waals surface area (Å²) in [5.41, 5.74) is 2.86. The van der Waals surface area contributed by atoms with Gasteiger partial charge in [-0.1, -0.05) is 12.1 Å². The van der Waals surface area contributed by atoms with Crippen molar-refractivity contribution in [3.8, 4) is 5.75 Å². The van der Waals surface area contributed by atoms with Crippen LogP contribution >= 0.6 is 0 Å². The van der Waals surface area contributed by atoms with Gasteiger partial charge in [0, 0.05) is 37.1 Å². The lowest BCUT2D eigenvalue weighted by Gasteiger charge is -2.06. The van der Waals surface area contributed by atoms with Crippen LogP contribution in [0, 0.1) is 5.92 Å². The van der Waals surface area contributed by atoms with Crippen molar-refractivity contribution in [2.45, 2.75) is 19.4 Å². The maximum Gasteiger partial charge on any atom is 0.253 e. The summed E-state index contributed by atoms with van der Waals surface area (Å²) in [6, 6.07) is 9.94. The van der Waals surface area contributed by atoms with Crippen molar-refractivity contribution in [1.82, 2.24) is 14.9 Å². The first-order valence-electron chi connectivity index (χ1n) is 8.58. The van der Waals surface area contributed by atoms with Crippen LogP contribution in [0.1, 0.15) is 28.8 Å². The van der Waals surface area contributed by atoms with E-state index < -0.39 is 0 Å². The van der Waals surface area contributed by atoms with Crippen LogP contribution in [0.4, 0.5) is 0 Å². The van der Waals surface area contributed by atoms with Gasteiger partial charge in [0.1, 0.15) is 5.75 Å². The highest BCUT2D eigenvalue weighted by molar-refractivity contribution is 6.06. The molecule has 1 aliphatic rings. The van der Waals surface area contributed by atoms with Gasteiger partial charge in [-0.25, -0.2) is 0 Å². The molecule has 0 aliphatic heterocycles. The zero-order valence-corrected chi connectivity index (χ0v) is 14.2. The van der Waals surface area contributed by atoms with Crippen molar-refractivity contribution in [2.75, 3.05) is 13.7 Å². The molecule has 0 saturated heterocycles. The summed E-state index contributed by atoms with van der Waals surface area (Å²) in [7, 11) is 1.66. The second kappa shape index (κ2) is 6.59. The average molecular weight is 335 g/mol. The SMILES string of the molecule is COc1ccc(Cn2cc(C(=O)NCC3CC3)c3cnccc32)cc1. The third-order valence-electron chi connectivity index (χ3n) is 4.69. The molecule has 2 heterocycles. The number of nitrogens with zero attached hydrogens (tertiary/aromatic N) is 2. The van der Waals surface area contributed by atoms with Crippen LogP contribution in [-0.4, -0.2) is 29.1 Å². The lowest BCUT2D eigenvalue weighted by Crippen LogP contribution is -2.25. The number of methoxy groups -OCH3 is 1. The summed E-state index contributed by atoms with van der Waals surface area (Å²) in [5, 5.41) is 3.94. The van der Waals surface area contributed by atoms with E-state index in [4.69, 9.17) is 4.74 Å². The number of hydrogen-bond donors (Lipinski definition) is 1. The van der Waals surface area contributed by atoms with E-state index in [1.54, 1.807) is 19.5 Å². The predicted octanol–water partition coefficient (Wildman–Crippen LogP) is 3.23. The van der Waals surface area contributed by atoms with Gasteiger partial charge in [0.05, 0.1) is 18.2 Å². The first-order valence-corrected chi connectivity index (χ1v) is 8.58. The van der Waals surface area contributed by atoms with Crippen molar-refractivity contribution in [1.29, 1.82) is 0 Å². The fraction of sp³-hybridized carbons (Fsp3) is 0.300. The Kier molecular flexibility index (Phi) is 4.14. The molecular formula is C20H21N3O2. The van der Waals surface area contributed by atoms with E-state index in [0.717, 1.165) is 28.8 Å². The zero-order chi connectivity index (χ0) is 17.2. The maximum atomic E-state index is 12.6. The molecule has 1 aliphatic carbocycles. The van der Waals surface area contributed by atoms with Crippen LogP contribution in [0.25, 0.3) is 10.9 Å². The van der Waals surface area contributed by atoms with Gasteiger partial charge in [0.25, 0.3) is 5.91 Å². The van der Waals surface area contributed by atoms with E-state index in [1.165, 1.54) is 12.8 Å². The monoisotopic (exact) mass is 335 g/mol. The van der Waals surface area contributed by atoms with Crippen molar-refractivity contribution < 1.29 is 9.53 Å². The minimum atomic E-state index is -0.0154. The Labute approximate surface area is 146 Å². The van der Waals surface area contributed by atoms with E-state index >= 15 is 0 Å². The molecule has 1 saturated carbocycles. The highest BCUT2D eigenvalue weighted by Crippen LogP contribution is 2.28. The molecule has 5 heteroatoms. The summed E-state index contributed by atoms with van der Waals surface area (Å²) in [6.45, 7) is 1.46. The molecule has 1 aromatic carbocycles. The number of amides is 1. The van der Waals surface area contributed by atoms with E-state index in [0.29, 0.717) is 18.0 Å². The van der Waals surface area contributed by atoms with Gasteiger partial charge in [-0.3, -0.25) is 9.78 Å². The Morgan fingerprint density at radius 3 is 2.80 bits per heavy atom. The van der Waals surface area contributed by atoms with E-state index in [1.807, 2.05) is 36.5 Å². The molecule has 5 nitrogen and oxygen atoms in total. The second-order valence-corrected chi connectivity index (χ2v) is 6.56. The van der Waals surface area contributed by atoms with Gasteiger partial charge in [0.15, 0.2) is 0 Å². The molecule has 128 valence electrons. The van der Waals surface area contributed by atoms with Crippen molar-refractivity contribution in [3.05, 3.63) is 60.0 Å². The smallest absolute Gasteiger partial charge is 0.253 e. The van der Waals surface area contributed by atoms with Gasteiger partial charge in [-0.15, -0.1) is 0 Å². The fourth-order valence-corrected chi connectivity index (χ4v) is 3.03. The molecular weight excluding hydrogens is 314 g/mol. The minimum Gasteiger partial charge on any atom is -0.497 e. The minimum absolute atomic E-state index is 0.0154. The number of carbonyl (C=O) groups excluding carboxylic acids is 1. The largest absolute Gasteiger partial charge is 0.497 e. The Hall–Kier alpha value is -2.82. The number of pyridine rings is 1. The molecule has 0 spiro atoms. The van der Waals surface area contributed by atoms with Gasteiger partial charge in [-0.2, -0.15) is 0 Å². The van der Waals surface area contributed by atoms with Crippen molar-refractivity contribution in [2.24, 2.45) is 5.92 Å². The molecule has 0 radical (unpaired) electrons. The van der Waals surface area contributed by atoms with Crippen LogP contribution in [0.3, 0.4) is 0 Å². The number of carbonyl (C=O) groups is 1. The molecule has 1 N–H and O–H groups in total. The summed E-state index contributed by atoms with van der Waals surface area (Å²) in [5.74, 6) is 1.48. The summed E-state index contributed by atoms with van der Waals surface area (Å²) in [4.78, 5) is 16.8. The molecule has 0 unspecified atom stereocenters. The topological polar surface area (TPSA) is 56.1 Å². The third-order valence-corrected chi connectivity index (χ3v) is 4.69. The number of hydrogen-bond acceptors (Lipinski definition) is 3. The number of aromatic nitrogens is 2. The average Bonchev–Trinajstić information content (AvgIpc) is 3.42. The standard InChI is InChI=1S/C20H21N3O2/c1-25-16-6-4-15(5-7-16)12-23-13-18(17-11-21-9-8-19(17)23)20(24)22-10-14-2-3-14/h4-9,11,13-14H,2-3,10,12H2,1H3,(H,22,24). The first-order chi connectivity index (χ1) is 12.2. The van der Waals surface area contributed by atoms with Crippen LogP contribution in [0.15, 0.2) is 48.9 Å². The molecule has 0 atom stereocenters. The Balaban J connectivity index is 1.62. The molecule has 3 aromatic rings. The van der Waals surface area contributed by atoms with Crippen molar-refractivity contribution >= 4 is 16.8 Å². The molecule has 25 heavy (non-hydrogen) atoms. The Morgan fingerprint density at radius 1 is 1.28 bits per heavy atom. The third kappa shape index (κ3) is 3.36. The van der Waals surface area contributed by atoms with E-state index in [9.17, 15) is 4.79 Å². The van der Waals surface area contributed by atoms with E-state index in [-0.39, 0.29) is 5.91 Å². The maximum absolute atomic E-state index is 12.6. The Bertz CT molecular complexity index is 895. The summed E-state index contributed by atoms with van der Waals surface area (Å²) >= 11 is 0. The summed E-state index contributed by atoms with van der Waals surface area (Å²) < 4.78 is 7.31. The number of benzene rings is 1. The highest BCUT2D eigenvalue weighted by Gasteiger charge is 2.23. The van der Waals surface area contributed by atoms with Gasteiger partial charge < -0.3 is 14.6 Å². The zero-order valence-electron chi connectivity index (χ0n) is 14.2. The number of fused-ring (bicyclic) bond motifs is 1. The molecule has 1 amide bonds. The van der Waals surface area contributed by atoms with Crippen LogP contribution in [0.2, 0.25) is 0 Å². The van der Waals surface area contributed by atoms with Crippen LogP contribution in [0.5, 0.6) is 5.75 Å². The molecule has 2 aromatic heterocycles. The highest BCUT2D eigenvalue weighted by atomic mass is 16.5. The normalized spacial score (nSPS) is 13.8. The lowest BCUT2D eigenvalue weighted by atomic mass is 10.2. The number of ether oxygens (including phenoxy) is 1. The van der Waals surface area contributed by atoms with Gasteiger partial charge in [0.2, 0.25) is 0 Å². The van der Waals surface area contributed by atoms with Crippen molar-refractivity contribution in [3.63, 3.8) is 0 Å². The van der Waals surface area contributed by atoms with Crippen LogP contribution < -0.4 is 10.1 Å². The number of rotatable bonds is 6. The number of nitrogens with one attached hydrogen (secondary N) is 1. The quantitative estimate of drug-likeness (QED) is 0.752. The Morgan fingerprint density at radius 2 is 2.08 bits per heavy atom. The molecule has 0 bridgehead atoms. The van der Waals surface area contributed by atoms with Gasteiger partial charge >= 0.3 is 0 Å². The predicted molar refractivity (Wildman–Crippen MR) is 96.9 cm³/mol. The fourth-order valence-electron chi connectivity index (χ4n) is 3.03. The molecule has 1 fully saturated rings. The first kappa shape index (κ1) is 15.7. The van der Waals surface area contributed by atoms with E-state index in [2.05, 4.69) is 14.9 Å². The second-order valence-electron chi connectivity index (χ2n) is 6.56. The van der Waals surface area contributed by atoms with Crippen LogP contribution in [-0.2, 0) is 6.54 Å². The van der Waals surface area contributed by atoms with Gasteiger partial charge in [-0.05, 0) is 42.5 Å². The summed E-state index contributed by atoms with van der Waals surface area (Å²) in [6.07, 6.45) is 7.91. The molecule has 4 rings (SSSR count).